The molecule has 13 heavy (non-hydrogen) atoms. The minimum Gasteiger partial charge on any atom is -0.339 e. The Hall–Kier alpha value is -1.65. The number of amides is 1. The van der Waals surface area contributed by atoms with Crippen LogP contribution in [0.4, 0.5) is 0 Å². The summed E-state index contributed by atoms with van der Waals surface area (Å²) in [6.07, 6.45) is 0. The van der Waals surface area contributed by atoms with Crippen molar-refractivity contribution in [3.8, 4) is 0 Å². The highest BCUT2D eigenvalue weighted by Gasteiger charge is 2.17. The first-order valence-electron chi connectivity index (χ1n) is 4.04. The first-order chi connectivity index (χ1) is 6.16. The van der Waals surface area contributed by atoms with Crippen LogP contribution in [0.15, 0.2) is 4.99 Å². The molecule has 2 N–H and O–H groups in total. The first-order valence-corrected chi connectivity index (χ1v) is 4.04. The zero-order valence-corrected chi connectivity index (χ0v) is 7.51. The molecule has 0 spiro atoms. The molecule has 0 aliphatic carbocycles. The summed E-state index contributed by atoms with van der Waals surface area (Å²) < 4.78 is 0. The van der Waals surface area contributed by atoms with E-state index in [-0.39, 0.29) is 12.5 Å². The molecule has 68 valence electrons. The Labute approximate surface area is 75.3 Å². The average molecular weight is 178 g/mol. The maximum atomic E-state index is 10.9. The van der Waals surface area contributed by atoms with Gasteiger partial charge in [-0.15, -0.1) is 0 Å². The van der Waals surface area contributed by atoms with Gasteiger partial charge in [0.15, 0.2) is 11.7 Å². The van der Waals surface area contributed by atoms with E-state index in [0.717, 1.165) is 11.4 Å². The summed E-state index contributed by atoms with van der Waals surface area (Å²) in [5.41, 5.74) is 1.93. The van der Waals surface area contributed by atoms with Crippen LogP contribution in [-0.4, -0.2) is 28.3 Å². The molecule has 1 aliphatic rings. The van der Waals surface area contributed by atoms with E-state index in [1.54, 1.807) is 0 Å². The third-order valence-electron chi connectivity index (χ3n) is 1.99. The number of rotatable bonds is 1. The Kier molecular flexibility index (Phi) is 1.65. The number of aromatic nitrogens is 2. The van der Waals surface area contributed by atoms with E-state index in [0.29, 0.717) is 11.7 Å². The molecule has 0 saturated carbocycles. The lowest BCUT2D eigenvalue weighted by molar-refractivity contribution is -0.117. The lowest BCUT2D eigenvalue weighted by atomic mass is 10.4. The Morgan fingerprint density at radius 2 is 2.15 bits per heavy atom. The van der Waals surface area contributed by atoms with E-state index in [1.165, 1.54) is 0 Å². The largest absolute Gasteiger partial charge is 0.339 e. The van der Waals surface area contributed by atoms with Gasteiger partial charge >= 0.3 is 0 Å². The van der Waals surface area contributed by atoms with Crippen molar-refractivity contribution in [2.45, 2.75) is 13.8 Å². The quantitative estimate of drug-likeness (QED) is 0.630. The zero-order chi connectivity index (χ0) is 9.42. The zero-order valence-electron chi connectivity index (χ0n) is 7.51. The number of aryl methyl sites for hydroxylation is 2. The summed E-state index contributed by atoms with van der Waals surface area (Å²) in [5, 5.41) is 2.63. The predicted octanol–water partition coefficient (Wildman–Crippen LogP) is -0.0971. The number of nitrogens with one attached hydrogen (secondary N) is 2. The molecule has 1 aromatic rings. The summed E-state index contributed by atoms with van der Waals surface area (Å²) in [6.45, 7) is 4.05. The summed E-state index contributed by atoms with van der Waals surface area (Å²) >= 11 is 0. The van der Waals surface area contributed by atoms with Crippen molar-refractivity contribution in [1.82, 2.24) is 15.3 Å². The Bertz CT molecular complexity index is 371. The molecule has 2 rings (SSSR count). The van der Waals surface area contributed by atoms with Gasteiger partial charge in [0, 0.05) is 5.69 Å². The van der Waals surface area contributed by atoms with Crippen LogP contribution < -0.4 is 5.32 Å². The van der Waals surface area contributed by atoms with Crippen LogP contribution in [0.1, 0.15) is 17.2 Å². The molecule has 0 unspecified atom stereocenters. The van der Waals surface area contributed by atoms with Crippen molar-refractivity contribution in [2.24, 2.45) is 4.99 Å². The van der Waals surface area contributed by atoms with Gasteiger partial charge in [0.1, 0.15) is 6.54 Å². The minimum atomic E-state index is -0.0818. The molecule has 0 radical (unpaired) electrons. The number of hydrogen-bond acceptors (Lipinski definition) is 3. The molecular weight excluding hydrogens is 168 g/mol. The van der Waals surface area contributed by atoms with Crippen molar-refractivity contribution < 1.29 is 4.79 Å². The third kappa shape index (κ3) is 1.32. The summed E-state index contributed by atoms with van der Waals surface area (Å²) in [6, 6.07) is 0. The van der Waals surface area contributed by atoms with Crippen LogP contribution in [-0.2, 0) is 4.79 Å². The van der Waals surface area contributed by atoms with Gasteiger partial charge < -0.3 is 10.3 Å². The molecule has 2 heterocycles. The molecule has 0 aromatic carbocycles. The number of H-pyrrole nitrogens is 1. The van der Waals surface area contributed by atoms with Crippen LogP contribution in [0, 0.1) is 13.8 Å². The SMILES string of the molecule is Cc1nc(C2=NCC(=O)N2)[nH]c1C. The molecule has 1 amide bonds. The van der Waals surface area contributed by atoms with E-state index in [4.69, 9.17) is 0 Å². The highest BCUT2D eigenvalue weighted by atomic mass is 16.2. The van der Waals surface area contributed by atoms with Gasteiger partial charge in [-0.25, -0.2) is 4.98 Å². The highest BCUT2D eigenvalue weighted by molar-refractivity contribution is 6.10. The fraction of sp³-hybridized carbons (Fsp3) is 0.375. The van der Waals surface area contributed by atoms with Crippen LogP contribution in [0.2, 0.25) is 0 Å². The molecule has 0 saturated heterocycles. The van der Waals surface area contributed by atoms with Crippen molar-refractivity contribution >= 4 is 11.7 Å². The van der Waals surface area contributed by atoms with Crippen molar-refractivity contribution in [2.75, 3.05) is 6.54 Å². The predicted molar refractivity (Wildman–Crippen MR) is 47.6 cm³/mol. The Morgan fingerprint density at radius 1 is 1.38 bits per heavy atom. The second-order valence-electron chi connectivity index (χ2n) is 3.01. The molecule has 0 bridgehead atoms. The number of aliphatic imine (C=N–C) groups is 1. The Balaban J connectivity index is 2.31. The average Bonchev–Trinajstić information content (AvgIpc) is 2.61. The van der Waals surface area contributed by atoms with Crippen molar-refractivity contribution in [1.29, 1.82) is 0 Å². The topological polar surface area (TPSA) is 70.1 Å². The summed E-state index contributed by atoms with van der Waals surface area (Å²) in [5.74, 6) is 1.10. The lowest BCUT2D eigenvalue weighted by Gasteiger charge is -1.93. The maximum absolute atomic E-state index is 10.9. The molecule has 1 aromatic heterocycles. The lowest BCUT2D eigenvalue weighted by Crippen LogP contribution is -2.26. The second kappa shape index (κ2) is 2.69. The normalized spacial score (nSPS) is 15.8. The highest BCUT2D eigenvalue weighted by Crippen LogP contribution is 2.04. The van der Waals surface area contributed by atoms with Gasteiger partial charge in [-0.3, -0.25) is 9.79 Å². The number of imidazole rings is 1. The number of amidine groups is 1. The smallest absolute Gasteiger partial charge is 0.247 e. The van der Waals surface area contributed by atoms with E-state index >= 15 is 0 Å². The number of carbonyl (C=O) groups excluding carboxylic acids is 1. The minimum absolute atomic E-state index is 0.0818. The fourth-order valence-electron chi connectivity index (χ4n) is 1.16. The summed E-state index contributed by atoms with van der Waals surface area (Å²) in [4.78, 5) is 22.1. The van der Waals surface area contributed by atoms with Crippen molar-refractivity contribution in [3.63, 3.8) is 0 Å². The number of nitrogens with zero attached hydrogens (tertiary/aromatic N) is 2. The Morgan fingerprint density at radius 3 is 2.62 bits per heavy atom. The standard InChI is InChI=1S/C8H10N4O/c1-4-5(2)11-8(10-4)7-9-3-6(13)12-7/h3H2,1-2H3,(H,10,11)(H,9,12,13). The van der Waals surface area contributed by atoms with Gasteiger partial charge in [0.2, 0.25) is 5.91 Å². The van der Waals surface area contributed by atoms with Gasteiger partial charge in [-0.1, -0.05) is 0 Å². The molecule has 5 heteroatoms. The van der Waals surface area contributed by atoms with Crippen molar-refractivity contribution in [3.05, 3.63) is 17.2 Å². The third-order valence-corrected chi connectivity index (χ3v) is 1.99. The number of hydrogen-bond donors (Lipinski definition) is 2. The van der Waals surface area contributed by atoms with Gasteiger partial charge in [0.05, 0.1) is 5.69 Å². The monoisotopic (exact) mass is 178 g/mol. The molecule has 0 atom stereocenters. The fourth-order valence-corrected chi connectivity index (χ4v) is 1.16. The molecule has 1 aliphatic heterocycles. The second-order valence-corrected chi connectivity index (χ2v) is 3.01. The van der Waals surface area contributed by atoms with E-state index in [1.807, 2.05) is 13.8 Å². The number of carbonyl (C=O) groups is 1. The van der Waals surface area contributed by atoms with E-state index in [9.17, 15) is 4.79 Å². The van der Waals surface area contributed by atoms with Gasteiger partial charge in [0.25, 0.3) is 0 Å². The molecule has 0 fully saturated rings. The summed E-state index contributed by atoms with van der Waals surface area (Å²) in [7, 11) is 0. The maximum Gasteiger partial charge on any atom is 0.247 e. The van der Waals surface area contributed by atoms with Gasteiger partial charge in [-0.05, 0) is 13.8 Å². The van der Waals surface area contributed by atoms with Crippen LogP contribution in [0.3, 0.4) is 0 Å². The molecule has 5 nitrogen and oxygen atoms in total. The van der Waals surface area contributed by atoms with Crippen LogP contribution in [0.25, 0.3) is 0 Å². The van der Waals surface area contributed by atoms with Crippen LogP contribution in [0.5, 0.6) is 0 Å². The molecular formula is C8H10N4O. The number of aromatic amines is 1. The first kappa shape index (κ1) is 7.97. The van der Waals surface area contributed by atoms with Gasteiger partial charge in [-0.2, -0.15) is 0 Å². The van der Waals surface area contributed by atoms with E-state index in [2.05, 4.69) is 20.3 Å². The van der Waals surface area contributed by atoms with E-state index < -0.39 is 0 Å². The van der Waals surface area contributed by atoms with Crippen LogP contribution >= 0.6 is 0 Å².